The van der Waals surface area contributed by atoms with Crippen LogP contribution in [0.2, 0.25) is 0 Å². The Balaban J connectivity index is 1.75. The number of hydrogen-bond donors (Lipinski definition) is 0. The van der Waals surface area contributed by atoms with Crippen molar-refractivity contribution in [2.24, 2.45) is 0 Å². The second-order valence-corrected chi connectivity index (χ2v) is 5.69. The molecule has 0 radical (unpaired) electrons. The van der Waals surface area contributed by atoms with Crippen molar-refractivity contribution in [1.29, 1.82) is 0 Å². The van der Waals surface area contributed by atoms with Crippen molar-refractivity contribution in [2.75, 3.05) is 7.05 Å². The molecule has 0 N–H and O–H groups in total. The van der Waals surface area contributed by atoms with E-state index in [0.717, 1.165) is 22.5 Å². The van der Waals surface area contributed by atoms with Crippen molar-refractivity contribution in [2.45, 2.75) is 6.54 Å². The number of benzene rings is 2. The molecule has 2 aromatic carbocycles. The van der Waals surface area contributed by atoms with Crippen molar-refractivity contribution in [3.05, 3.63) is 83.6 Å². The summed E-state index contributed by atoms with van der Waals surface area (Å²) in [6.07, 6.45) is 4.81. The normalized spacial score (nSPS) is 11.2. The lowest BCUT2D eigenvalue weighted by molar-refractivity contribution is -0.125. The molecular weight excluding hydrogens is 322 g/mol. The number of halogens is 2. The third kappa shape index (κ3) is 3.88. The van der Waals surface area contributed by atoms with E-state index in [1.54, 1.807) is 19.3 Å². The summed E-state index contributed by atoms with van der Waals surface area (Å²) in [4.78, 5) is 18.0. The van der Waals surface area contributed by atoms with Gasteiger partial charge in [0.05, 0.1) is 5.52 Å². The van der Waals surface area contributed by atoms with Crippen LogP contribution in [0.5, 0.6) is 0 Å². The predicted molar refractivity (Wildman–Crippen MR) is 93.6 cm³/mol. The number of rotatable bonds is 4. The molecule has 3 nitrogen and oxygen atoms in total. The highest BCUT2D eigenvalue weighted by Gasteiger charge is 2.10. The maximum absolute atomic E-state index is 13.7. The molecule has 0 atom stereocenters. The van der Waals surface area contributed by atoms with Gasteiger partial charge in [0.1, 0.15) is 11.6 Å². The third-order valence-electron chi connectivity index (χ3n) is 3.87. The zero-order valence-corrected chi connectivity index (χ0v) is 13.6. The summed E-state index contributed by atoms with van der Waals surface area (Å²) in [5.41, 5.74) is 1.89. The summed E-state index contributed by atoms with van der Waals surface area (Å²) in [7, 11) is 1.57. The summed E-state index contributed by atoms with van der Waals surface area (Å²) in [6.45, 7) is 0.0586. The highest BCUT2D eigenvalue weighted by Crippen LogP contribution is 2.17. The Labute approximate surface area is 144 Å². The predicted octanol–water partition coefficient (Wildman–Crippen LogP) is 4.18. The molecule has 0 fully saturated rings. The Kier molecular flexibility index (Phi) is 4.84. The highest BCUT2D eigenvalue weighted by atomic mass is 19.1. The van der Waals surface area contributed by atoms with Gasteiger partial charge in [-0.2, -0.15) is 0 Å². The lowest BCUT2D eigenvalue weighted by Gasteiger charge is -2.15. The van der Waals surface area contributed by atoms with Gasteiger partial charge >= 0.3 is 0 Å². The van der Waals surface area contributed by atoms with Gasteiger partial charge in [-0.1, -0.05) is 30.3 Å². The molecule has 25 heavy (non-hydrogen) atoms. The molecule has 5 heteroatoms. The van der Waals surface area contributed by atoms with Crippen molar-refractivity contribution in [1.82, 2.24) is 9.88 Å². The molecule has 0 spiro atoms. The van der Waals surface area contributed by atoms with E-state index in [2.05, 4.69) is 4.98 Å². The molecular formula is C20H16F2N2O. The van der Waals surface area contributed by atoms with Gasteiger partial charge in [0.2, 0.25) is 5.91 Å². The van der Waals surface area contributed by atoms with Gasteiger partial charge in [0.25, 0.3) is 0 Å². The van der Waals surface area contributed by atoms with Gasteiger partial charge in [-0.05, 0) is 18.2 Å². The van der Waals surface area contributed by atoms with E-state index in [-0.39, 0.29) is 18.0 Å². The molecule has 1 heterocycles. The lowest BCUT2D eigenvalue weighted by atomic mass is 10.1. The molecule has 3 aromatic rings. The van der Waals surface area contributed by atoms with Crippen LogP contribution < -0.4 is 0 Å². The molecule has 0 aliphatic carbocycles. The van der Waals surface area contributed by atoms with Gasteiger partial charge in [-0.15, -0.1) is 0 Å². The first-order chi connectivity index (χ1) is 12.0. The average Bonchev–Trinajstić information content (AvgIpc) is 2.61. The molecule has 1 amide bonds. The first-order valence-electron chi connectivity index (χ1n) is 7.75. The average molecular weight is 338 g/mol. The van der Waals surface area contributed by atoms with Gasteiger partial charge in [-0.25, -0.2) is 8.78 Å². The summed E-state index contributed by atoms with van der Waals surface area (Å²) >= 11 is 0. The summed E-state index contributed by atoms with van der Waals surface area (Å²) < 4.78 is 26.6. The molecule has 0 aliphatic heterocycles. The molecule has 0 unspecified atom stereocenters. The Bertz CT molecular complexity index is 948. The van der Waals surface area contributed by atoms with Crippen LogP contribution in [0.15, 0.2) is 60.8 Å². The molecule has 126 valence electrons. The maximum Gasteiger partial charge on any atom is 0.246 e. The van der Waals surface area contributed by atoms with Crippen molar-refractivity contribution < 1.29 is 13.6 Å². The number of nitrogens with zero attached hydrogens (tertiary/aromatic N) is 2. The van der Waals surface area contributed by atoms with E-state index >= 15 is 0 Å². The van der Waals surface area contributed by atoms with Crippen LogP contribution in [0.25, 0.3) is 17.0 Å². The Morgan fingerprint density at radius 1 is 1.16 bits per heavy atom. The molecule has 0 bridgehead atoms. The largest absolute Gasteiger partial charge is 0.338 e. The van der Waals surface area contributed by atoms with Crippen LogP contribution in [0.4, 0.5) is 8.78 Å². The number of carbonyl (C=O) groups is 1. The van der Waals surface area contributed by atoms with E-state index in [1.807, 2.05) is 30.3 Å². The molecule has 0 saturated heterocycles. The van der Waals surface area contributed by atoms with Crippen LogP contribution in [0.1, 0.15) is 11.1 Å². The standard InChI is InChI=1S/C20H16F2N2O/c1-24(13-16-7-9-17(21)12-18(16)22)19(25)10-8-15-5-2-4-14-6-3-11-23-20(14)15/h2-12H,13H2,1H3/b10-8+. The number of aromatic nitrogens is 1. The SMILES string of the molecule is CN(Cc1ccc(F)cc1F)C(=O)/C=C/c1cccc2cccnc12. The first-order valence-corrected chi connectivity index (χ1v) is 7.75. The van der Waals surface area contributed by atoms with Crippen molar-refractivity contribution in [3.63, 3.8) is 0 Å². The van der Waals surface area contributed by atoms with Crippen LogP contribution >= 0.6 is 0 Å². The van der Waals surface area contributed by atoms with Crippen LogP contribution in [-0.4, -0.2) is 22.8 Å². The van der Waals surface area contributed by atoms with Gasteiger partial charge in [-0.3, -0.25) is 9.78 Å². The van der Waals surface area contributed by atoms with Crippen LogP contribution in [0, 0.1) is 11.6 Å². The molecule has 0 aliphatic rings. The molecule has 3 rings (SSSR count). The quantitative estimate of drug-likeness (QED) is 0.669. The monoisotopic (exact) mass is 338 g/mol. The van der Waals surface area contributed by atoms with E-state index < -0.39 is 11.6 Å². The fourth-order valence-electron chi connectivity index (χ4n) is 2.53. The zero-order chi connectivity index (χ0) is 17.8. The zero-order valence-electron chi connectivity index (χ0n) is 13.6. The topological polar surface area (TPSA) is 33.2 Å². The maximum atomic E-state index is 13.7. The second-order valence-electron chi connectivity index (χ2n) is 5.69. The van der Waals surface area contributed by atoms with Crippen LogP contribution in [-0.2, 0) is 11.3 Å². The number of carbonyl (C=O) groups excluding carboxylic acids is 1. The summed E-state index contributed by atoms with van der Waals surface area (Å²) in [5, 5.41) is 0.985. The minimum Gasteiger partial charge on any atom is -0.338 e. The first kappa shape index (κ1) is 16.8. The van der Waals surface area contributed by atoms with Crippen molar-refractivity contribution >= 4 is 22.9 Å². The smallest absolute Gasteiger partial charge is 0.246 e. The van der Waals surface area contributed by atoms with E-state index in [4.69, 9.17) is 0 Å². The number of amides is 1. The summed E-state index contributed by atoms with van der Waals surface area (Å²) in [6, 6.07) is 12.8. The number of pyridine rings is 1. The van der Waals surface area contributed by atoms with Gasteiger partial charge in [0.15, 0.2) is 0 Å². The van der Waals surface area contributed by atoms with Gasteiger partial charge in [0, 0.05) is 48.4 Å². The second kappa shape index (κ2) is 7.21. The van der Waals surface area contributed by atoms with Crippen LogP contribution in [0.3, 0.4) is 0 Å². The Morgan fingerprint density at radius 2 is 1.96 bits per heavy atom. The lowest BCUT2D eigenvalue weighted by Crippen LogP contribution is -2.24. The molecule has 1 aromatic heterocycles. The molecule has 0 saturated carbocycles. The fourth-order valence-corrected chi connectivity index (χ4v) is 2.53. The minimum absolute atomic E-state index is 0.0586. The number of fused-ring (bicyclic) bond motifs is 1. The Hall–Kier alpha value is -3.08. The number of likely N-dealkylation sites (N-methyl/N-ethyl adjacent to an activating group) is 1. The third-order valence-corrected chi connectivity index (χ3v) is 3.87. The van der Waals surface area contributed by atoms with Gasteiger partial charge < -0.3 is 4.90 Å². The van der Waals surface area contributed by atoms with E-state index in [1.165, 1.54) is 23.1 Å². The fraction of sp³-hybridized carbons (Fsp3) is 0.100. The highest BCUT2D eigenvalue weighted by molar-refractivity contribution is 5.95. The number of para-hydroxylation sites is 1. The Morgan fingerprint density at radius 3 is 2.76 bits per heavy atom. The summed E-state index contributed by atoms with van der Waals surface area (Å²) in [5.74, 6) is -1.59. The van der Waals surface area contributed by atoms with E-state index in [0.29, 0.717) is 0 Å². The van der Waals surface area contributed by atoms with E-state index in [9.17, 15) is 13.6 Å². The number of hydrogen-bond acceptors (Lipinski definition) is 2. The van der Waals surface area contributed by atoms with Crippen molar-refractivity contribution in [3.8, 4) is 0 Å². The minimum atomic E-state index is -0.665.